The van der Waals surface area contributed by atoms with E-state index in [-0.39, 0.29) is 18.0 Å². The van der Waals surface area contributed by atoms with Crippen LogP contribution in [-0.4, -0.2) is 45.5 Å². The fourth-order valence-corrected chi connectivity index (χ4v) is 3.85. The summed E-state index contributed by atoms with van der Waals surface area (Å²) in [4.78, 5) is 29.0. The largest absolute Gasteiger partial charge is 0.444 e. The van der Waals surface area contributed by atoms with Gasteiger partial charge in [0.15, 0.2) is 0 Å². The van der Waals surface area contributed by atoms with Crippen LogP contribution >= 0.6 is 0 Å². The van der Waals surface area contributed by atoms with Crippen LogP contribution in [0.2, 0.25) is 0 Å². The van der Waals surface area contributed by atoms with E-state index < -0.39 is 11.1 Å². The monoisotopic (exact) mass is 330 g/mol. The van der Waals surface area contributed by atoms with Crippen LogP contribution in [0, 0.1) is 0 Å². The highest BCUT2D eigenvalue weighted by Crippen LogP contribution is 2.45. The predicted octanol–water partition coefficient (Wildman–Crippen LogP) is 3.19. The smallest absolute Gasteiger partial charge is 0.411 e. The predicted molar refractivity (Wildman–Crippen MR) is 91.4 cm³/mol. The Kier molecular flexibility index (Phi) is 4.06. The van der Waals surface area contributed by atoms with Gasteiger partial charge in [-0.3, -0.25) is 9.69 Å². The number of β-lactam (4-membered cyclic amide) rings is 1. The molecule has 2 fully saturated rings. The Morgan fingerprint density at radius 2 is 1.96 bits per heavy atom. The zero-order valence-corrected chi connectivity index (χ0v) is 14.9. The van der Waals surface area contributed by atoms with Gasteiger partial charge in [-0.25, -0.2) is 4.79 Å². The molecular weight excluding hydrogens is 304 g/mol. The van der Waals surface area contributed by atoms with Crippen LogP contribution < -0.4 is 0 Å². The molecule has 130 valence electrons. The van der Waals surface area contributed by atoms with Crippen molar-refractivity contribution >= 4 is 12.0 Å². The summed E-state index contributed by atoms with van der Waals surface area (Å²) >= 11 is 0. The SMILES string of the molecule is CC1N(Cc2ccccc2)C(=O)C12CCCN2C(=O)OC(C)(C)C. The number of benzene rings is 1. The second kappa shape index (κ2) is 5.80. The maximum atomic E-state index is 13.0. The minimum absolute atomic E-state index is 0.000208. The van der Waals surface area contributed by atoms with Gasteiger partial charge >= 0.3 is 6.09 Å². The molecule has 0 radical (unpaired) electrons. The van der Waals surface area contributed by atoms with Crippen molar-refractivity contribution in [3.63, 3.8) is 0 Å². The number of rotatable bonds is 2. The van der Waals surface area contributed by atoms with Crippen LogP contribution in [0.25, 0.3) is 0 Å². The molecule has 0 bridgehead atoms. The van der Waals surface area contributed by atoms with E-state index in [4.69, 9.17) is 4.74 Å². The number of carbonyl (C=O) groups excluding carboxylic acids is 2. The Balaban J connectivity index is 1.76. The maximum absolute atomic E-state index is 13.0. The summed E-state index contributed by atoms with van der Waals surface area (Å²) < 4.78 is 5.52. The fourth-order valence-electron chi connectivity index (χ4n) is 3.85. The molecule has 2 aliphatic rings. The quantitative estimate of drug-likeness (QED) is 0.783. The van der Waals surface area contributed by atoms with Crippen LogP contribution in [-0.2, 0) is 16.1 Å². The number of amides is 2. The number of nitrogens with zero attached hydrogens (tertiary/aromatic N) is 2. The van der Waals surface area contributed by atoms with Crippen molar-refractivity contribution in [3.8, 4) is 0 Å². The molecule has 1 aromatic carbocycles. The first-order valence-corrected chi connectivity index (χ1v) is 8.61. The summed E-state index contributed by atoms with van der Waals surface area (Å²) in [7, 11) is 0. The highest BCUT2D eigenvalue weighted by molar-refractivity contribution is 5.97. The van der Waals surface area contributed by atoms with Gasteiger partial charge in [0.2, 0.25) is 0 Å². The minimum atomic E-state index is -0.711. The minimum Gasteiger partial charge on any atom is -0.444 e. The van der Waals surface area contributed by atoms with Crippen molar-refractivity contribution in [2.75, 3.05) is 6.54 Å². The number of hydrogen-bond acceptors (Lipinski definition) is 3. The van der Waals surface area contributed by atoms with Crippen molar-refractivity contribution in [1.29, 1.82) is 0 Å². The Bertz CT molecular complexity index is 638. The van der Waals surface area contributed by atoms with E-state index in [0.29, 0.717) is 13.1 Å². The Labute approximate surface area is 143 Å². The van der Waals surface area contributed by atoms with E-state index in [1.807, 2.05) is 62.9 Å². The Morgan fingerprint density at radius 3 is 2.54 bits per heavy atom. The van der Waals surface area contributed by atoms with Gasteiger partial charge in [0.1, 0.15) is 11.1 Å². The van der Waals surface area contributed by atoms with Gasteiger partial charge in [0.25, 0.3) is 5.91 Å². The second-order valence-corrected chi connectivity index (χ2v) is 7.75. The first-order valence-electron chi connectivity index (χ1n) is 8.61. The third-order valence-electron chi connectivity index (χ3n) is 5.02. The summed E-state index contributed by atoms with van der Waals surface area (Å²) in [6.45, 7) is 8.76. The lowest BCUT2D eigenvalue weighted by molar-refractivity contribution is -0.172. The molecule has 0 aliphatic carbocycles. The molecule has 1 aromatic rings. The molecule has 2 aliphatic heterocycles. The molecule has 5 nitrogen and oxygen atoms in total. The molecular formula is C19H26N2O3. The van der Waals surface area contributed by atoms with Gasteiger partial charge in [-0.15, -0.1) is 0 Å². The highest BCUT2D eigenvalue weighted by atomic mass is 16.6. The van der Waals surface area contributed by atoms with Crippen LogP contribution in [0.15, 0.2) is 30.3 Å². The summed E-state index contributed by atoms with van der Waals surface area (Å²) in [5, 5.41) is 0. The van der Waals surface area contributed by atoms with E-state index in [1.165, 1.54) is 0 Å². The third kappa shape index (κ3) is 2.66. The molecule has 2 amide bonds. The summed E-state index contributed by atoms with van der Waals surface area (Å²) in [5.41, 5.74) is -0.160. The average molecular weight is 330 g/mol. The number of ether oxygens (including phenoxy) is 1. The summed E-state index contributed by atoms with van der Waals surface area (Å²) in [5.74, 6) is 0.0437. The standard InChI is InChI=1S/C19H26N2O3/c1-14-19(11-8-12-21(19)17(23)24-18(2,3)4)16(22)20(14)13-15-9-6-5-7-10-15/h5-7,9-10,14H,8,11-13H2,1-4H3. The molecule has 0 aromatic heterocycles. The van der Waals surface area contributed by atoms with Crippen LogP contribution in [0.1, 0.15) is 46.1 Å². The molecule has 1 spiro atoms. The molecule has 2 unspecified atom stereocenters. The van der Waals surface area contributed by atoms with Crippen molar-refractivity contribution in [2.24, 2.45) is 0 Å². The van der Waals surface area contributed by atoms with Gasteiger partial charge < -0.3 is 9.64 Å². The normalized spacial score (nSPS) is 26.7. The van der Waals surface area contributed by atoms with Gasteiger partial charge in [0, 0.05) is 13.1 Å². The lowest BCUT2D eigenvalue weighted by atomic mass is 9.77. The Hall–Kier alpha value is -2.04. The van der Waals surface area contributed by atoms with E-state index >= 15 is 0 Å². The molecule has 2 heterocycles. The van der Waals surface area contributed by atoms with Gasteiger partial charge in [-0.2, -0.15) is 0 Å². The number of hydrogen-bond donors (Lipinski definition) is 0. The zero-order valence-electron chi connectivity index (χ0n) is 14.9. The van der Waals surface area contributed by atoms with E-state index in [2.05, 4.69) is 0 Å². The average Bonchev–Trinajstić information content (AvgIpc) is 2.99. The summed E-state index contributed by atoms with van der Waals surface area (Å²) in [6.07, 6.45) is 1.19. The van der Waals surface area contributed by atoms with Gasteiger partial charge in [0.05, 0.1) is 6.04 Å². The van der Waals surface area contributed by atoms with E-state index in [0.717, 1.165) is 18.4 Å². The van der Waals surface area contributed by atoms with Crippen LogP contribution in [0.3, 0.4) is 0 Å². The van der Waals surface area contributed by atoms with Gasteiger partial charge in [-0.05, 0) is 46.1 Å². The molecule has 2 atom stereocenters. The van der Waals surface area contributed by atoms with Crippen molar-refractivity contribution in [3.05, 3.63) is 35.9 Å². The van der Waals surface area contributed by atoms with Crippen molar-refractivity contribution < 1.29 is 14.3 Å². The second-order valence-electron chi connectivity index (χ2n) is 7.75. The van der Waals surface area contributed by atoms with Crippen molar-refractivity contribution in [2.45, 2.75) is 64.3 Å². The highest BCUT2D eigenvalue weighted by Gasteiger charge is 2.65. The summed E-state index contributed by atoms with van der Waals surface area (Å²) in [6, 6.07) is 9.95. The zero-order chi connectivity index (χ0) is 17.5. The first-order chi connectivity index (χ1) is 11.3. The molecule has 0 N–H and O–H groups in total. The lowest BCUT2D eigenvalue weighted by Crippen LogP contribution is -2.77. The lowest BCUT2D eigenvalue weighted by Gasteiger charge is -2.56. The van der Waals surface area contributed by atoms with Crippen LogP contribution in [0.4, 0.5) is 4.79 Å². The first kappa shape index (κ1) is 16.8. The van der Waals surface area contributed by atoms with Gasteiger partial charge in [-0.1, -0.05) is 30.3 Å². The molecule has 3 rings (SSSR count). The fraction of sp³-hybridized carbons (Fsp3) is 0.579. The molecule has 0 saturated carbocycles. The third-order valence-corrected chi connectivity index (χ3v) is 5.02. The number of likely N-dealkylation sites (tertiary alicyclic amines) is 2. The van der Waals surface area contributed by atoms with E-state index in [1.54, 1.807) is 4.90 Å². The molecule has 5 heteroatoms. The molecule has 24 heavy (non-hydrogen) atoms. The van der Waals surface area contributed by atoms with E-state index in [9.17, 15) is 9.59 Å². The number of carbonyl (C=O) groups is 2. The Morgan fingerprint density at radius 1 is 1.29 bits per heavy atom. The topological polar surface area (TPSA) is 49.9 Å². The van der Waals surface area contributed by atoms with Crippen LogP contribution in [0.5, 0.6) is 0 Å². The van der Waals surface area contributed by atoms with Crippen molar-refractivity contribution in [1.82, 2.24) is 9.80 Å². The maximum Gasteiger partial charge on any atom is 0.411 e. The molecule has 2 saturated heterocycles.